The lowest BCUT2D eigenvalue weighted by molar-refractivity contribution is 0.0123. The zero-order chi connectivity index (χ0) is 17.1. The maximum absolute atomic E-state index is 12.7. The number of amides is 2. The second-order valence-corrected chi connectivity index (χ2v) is 7.51. The van der Waals surface area contributed by atoms with Crippen molar-refractivity contribution in [1.29, 1.82) is 0 Å². The van der Waals surface area contributed by atoms with Crippen LogP contribution in [0.3, 0.4) is 0 Å². The lowest BCUT2D eigenvalue weighted by Gasteiger charge is -2.33. The lowest BCUT2D eigenvalue weighted by atomic mass is 10.0. The van der Waals surface area contributed by atoms with E-state index < -0.39 is 0 Å². The molecule has 6 heteroatoms. The molecule has 132 valence electrons. The van der Waals surface area contributed by atoms with Crippen LogP contribution in [0.25, 0.3) is 0 Å². The summed E-state index contributed by atoms with van der Waals surface area (Å²) in [5.74, 6) is 0.493. The third kappa shape index (κ3) is 3.71. The highest BCUT2D eigenvalue weighted by atomic mass is 32.2. The van der Waals surface area contributed by atoms with Gasteiger partial charge in [0, 0.05) is 42.8 Å². The molecule has 2 heterocycles. The van der Waals surface area contributed by atoms with Crippen molar-refractivity contribution in [3.05, 3.63) is 23.8 Å². The van der Waals surface area contributed by atoms with Crippen LogP contribution in [0.2, 0.25) is 0 Å². The third-order valence-electron chi connectivity index (χ3n) is 5.12. The van der Waals surface area contributed by atoms with Crippen LogP contribution in [-0.4, -0.2) is 67.5 Å². The van der Waals surface area contributed by atoms with Gasteiger partial charge < -0.3 is 15.0 Å². The van der Waals surface area contributed by atoms with Gasteiger partial charge in [0.15, 0.2) is 0 Å². The number of hydrogen-bond acceptors (Lipinski definition) is 4. The largest absolute Gasteiger partial charge is 0.379 e. The molecular weight excluding hydrogens is 322 g/mol. The summed E-state index contributed by atoms with van der Waals surface area (Å²) in [6.45, 7) is 9.46. The number of benzene rings is 1. The number of morpholine rings is 1. The highest BCUT2D eigenvalue weighted by Crippen LogP contribution is 2.27. The predicted molar refractivity (Wildman–Crippen MR) is 98.9 cm³/mol. The van der Waals surface area contributed by atoms with Crippen LogP contribution < -0.4 is 5.32 Å². The van der Waals surface area contributed by atoms with Crippen LogP contribution in [0.1, 0.15) is 12.5 Å². The first kappa shape index (κ1) is 17.6. The maximum Gasteiger partial charge on any atom is 0.321 e. The summed E-state index contributed by atoms with van der Waals surface area (Å²) in [5, 5.41) is 3.10. The van der Waals surface area contributed by atoms with Gasteiger partial charge in [-0.25, -0.2) is 4.79 Å². The van der Waals surface area contributed by atoms with Crippen molar-refractivity contribution >= 4 is 23.5 Å². The molecule has 2 amide bonds. The van der Waals surface area contributed by atoms with E-state index in [0.717, 1.165) is 50.6 Å². The number of carbonyl (C=O) groups excluding carboxylic acids is 1. The Bertz CT molecular complexity index is 590. The predicted octanol–water partition coefficient (Wildman–Crippen LogP) is 2.90. The number of rotatable bonds is 3. The first-order valence-corrected chi connectivity index (χ1v) is 9.84. The molecule has 2 fully saturated rings. The van der Waals surface area contributed by atoms with Crippen LogP contribution in [0.5, 0.6) is 0 Å². The molecule has 2 aliphatic heterocycles. The quantitative estimate of drug-likeness (QED) is 0.852. The normalized spacial score (nSPS) is 25.0. The molecule has 2 atom stereocenters. The van der Waals surface area contributed by atoms with Crippen molar-refractivity contribution in [2.45, 2.75) is 24.8 Å². The molecule has 5 nitrogen and oxygen atoms in total. The van der Waals surface area contributed by atoms with Gasteiger partial charge in [-0.2, -0.15) is 0 Å². The smallest absolute Gasteiger partial charge is 0.321 e. The van der Waals surface area contributed by atoms with E-state index in [-0.39, 0.29) is 6.03 Å². The van der Waals surface area contributed by atoms with E-state index in [1.54, 1.807) is 11.8 Å². The average Bonchev–Trinajstić information content (AvgIpc) is 2.99. The Labute approximate surface area is 148 Å². The van der Waals surface area contributed by atoms with Crippen LogP contribution in [0.4, 0.5) is 10.5 Å². The molecular formula is C18H27N3O2S. The SMILES string of the molecule is CSc1cccc(NC(=O)N2C[C@@H](C)[C@H](N3CCOCC3)C2)c1C. The molecule has 1 aromatic carbocycles. The minimum atomic E-state index is 0.0129. The monoisotopic (exact) mass is 349 g/mol. The maximum atomic E-state index is 12.7. The molecule has 0 aromatic heterocycles. The number of ether oxygens (including phenoxy) is 1. The molecule has 24 heavy (non-hydrogen) atoms. The Balaban J connectivity index is 1.64. The van der Waals surface area contributed by atoms with Crippen LogP contribution >= 0.6 is 11.8 Å². The highest BCUT2D eigenvalue weighted by molar-refractivity contribution is 7.98. The van der Waals surface area contributed by atoms with Crippen LogP contribution in [0.15, 0.2) is 23.1 Å². The van der Waals surface area contributed by atoms with Crippen molar-refractivity contribution in [3.8, 4) is 0 Å². The van der Waals surface area contributed by atoms with Gasteiger partial charge in [0.1, 0.15) is 0 Å². The van der Waals surface area contributed by atoms with E-state index in [2.05, 4.69) is 36.4 Å². The molecule has 2 saturated heterocycles. The first-order valence-electron chi connectivity index (χ1n) is 8.61. The first-order chi connectivity index (χ1) is 11.6. The van der Waals surface area contributed by atoms with Crippen molar-refractivity contribution in [3.63, 3.8) is 0 Å². The van der Waals surface area contributed by atoms with Gasteiger partial charge >= 0.3 is 6.03 Å². The summed E-state index contributed by atoms with van der Waals surface area (Å²) in [5.41, 5.74) is 2.05. The van der Waals surface area contributed by atoms with Gasteiger partial charge in [-0.15, -0.1) is 11.8 Å². The number of thioether (sulfide) groups is 1. The van der Waals surface area contributed by atoms with Gasteiger partial charge in [0.2, 0.25) is 0 Å². The molecule has 0 unspecified atom stereocenters. The Morgan fingerprint density at radius 2 is 2.04 bits per heavy atom. The number of nitrogens with one attached hydrogen (secondary N) is 1. The summed E-state index contributed by atoms with van der Waals surface area (Å²) in [6, 6.07) is 6.52. The molecule has 0 bridgehead atoms. The average molecular weight is 350 g/mol. The van der Waals surface area contributed by atoms with Crippen molar-refractivity contribution in [2.24, 2.45) is 5.92 Å². The number of nitrogens with zero attached hydrogens (tertiary/aromatic N) is 2. The Kier molecular flexibility index (Phi) is 5.69. The molecule has 2 aliphatic rings. The molecule has 0 saturated carbocycles. The topological polar surface area (TPSA) is 44.8 Å². The molecule has 0 spiro atoms. The summed E-state index contributed by atoms with van der Waals surface area (Å²) in [4.78, 5) is 18.3. The van der Waals surface area contributed by atoms with Gasteiger partial charge in [0.05, 0.1) is 13.2 Å². The Morgan fingerprint density at radius 3 is 2.75 bits per heavy atom. The molecule has 0 radical (unpaired) electrons. The second-order valence-electron chi connectivity index (χ2n) is 6.66. The van der Waals surface area contributed by atoms with E-state index in [1.165, 1.54) is 4.90 Å². The Hall–Kier alpha value is -1.24. The number of urea groups is 1. The summed E-state index contributed by atoms with van der Waals surface area (Å²) in [7, 11) is 0. The number of carbonyl (C=O) groups is 1. The van der Waals surface area contributed by atoms with Gasteiger partial charge in [0.25, 0.3) is 0 Å². The zero-order valence-electron chi connectivity index (χ0n) is 14.7. The second kappa shape index (κ2) is 7.76. The van der Waals surface area contributed by atoms with E-state index >= 15 is 0 Å². The van der Waals surface area contributed by atoms with Crippen molar-refractivity contribution < 1.29 is 9.53 Å². The lowest BCUT2D eigenvalue weighted by Crippen LogP contribution is -2.47. The van der Waals surface area contributed by atoms with E-state index in [9.17, 15) is 4.79 Å². The van der Waals surface area contributed by atoms with E-state index in [1.807, 2.05) is 17.0 Å². The fourth-order valence-electron chi connectivity index (χ4n) is 3.67. The molecule has 1 aromatic rings. The molecule has 0 aliphatic carbocycles. The third-order valence-corrected chi connectivity index (χ3v) is 6.00. The minimum Gasteiger partial charge on any atom is -0.379 e. The number of hydrogen-bond donors (Lipinski definition) is 1. The van der Waals surface area contributed by atoms with Gasteiger partial charge in [-0.3, -0.25) is 4.90 Å². The molecule has 1 N–H and O–H groups in total. The van der Waals surface area contributed by atoms with Gasteiger partial charge in [-0.1, -0.05) is 13.0 Å². The van der Waals surface area contributed by atoms with Crippen molar-refractivity contribution in [2.75, 3.05) is 51.0 Å². The fourth-order valence-corrected chi connectivity index (χ4v) is 4.30. The molecule has 3 rings (SSSR count). The van der Waals surface area contributed by atoms with E-state index in [0.29, 0.717) is 12.0 Å². The minimum absolute atomic E-state index is 0.0129. The Morgan fingerprint density at radius 1 is 1.29 bits per heavy atom. The standard InChI is InChI=1S/C18H27N3O2S/c1-13-11-21(12-16(13)20-7-9-23-10-8-20)18(22)19-15-5-4-6-17(24-3)14(15)2/h4-6,13,16H,7-12H2,1-3H3,(H,19,22)/t13-,16-/m1/s1. The highest BCUT2D eigenvalue weighted by Gasteiger charge is 2.36. The number of likely N-dealkylation sites (tertiary alicyclic amines) is 1. The summed E-state index contributed by atoms with van der Waals surface area (Å²) in [6.07, 6.45) is 2.06. The van der Waals surface area contributed by atoms with Crippen molar-refractivity contribution in [1.82, 2.24) is 9.80 Å². The fraction of sp³-hybridized carbons (Fsp3) is 0.611. The summed E-state index contributed by atoms with van der Waals surface area (Å²) >= 11 is 1.71. The van der Waals surface area contributed by atoms with Crippen LogP contribution in [-0.2, 0) is 4.74 Å². The zero-order valence-corrected chi connectivity index (χ0v) is 15.6. The van der Waals surface area contributed by atoms with Crippen LogP contribution in [0, 0.1) is 12.8 Å². The van der Waals surface area contributed by atoms with E-state index in [4.69, 9.17) is 4.74 Å². The van der Waals surface area contributed by atoms with Gasteiger partial charge in [-0.05, 0) is 36.8 Å². The number of anilines is 1. The summed E-state index contributed by atoms with van der Waals surface area (Å²) < 4.78 is 5.45.